The molecule has 6 heteroatoms. The van der Waals surface area contributed by atoms with Crippen molar-refractivity contribution in [3.05, 3.63) is 53.6 Å². The molecule has 0 spiro atoms. The van der Waals surface area contributed by atoms with Gasteiger partial charge < -0.3 is 0 Å². The van der Waals surface area contributed by atoms with Crippen molar-refractivity contribution < 1.29 is 14.4 Å². The molecule has 4 amide bonds. The minimum absolute atomic E-state index is 0.224. The van der Waals surface area contributed by atoms with E-state index in [9.17, 15) is 14.4 Å². The van der Waals surface area contributed by atoms with Gasteiger partial charge in [-0.1, -0.05) is 30.3 Å². The Kier molecular flexibility index (Phi) is 4.55. The lowest BCUT2D eigenvalue weighted by Crippen LogP contribution is -2.59. The summed E-state index contributed by atoms with van der Waals surface area (Å²) in [6.45, 7) is 3.87. The molecule has 0 N–H and O–H groups in total. The number of amides is 4. The van der Waals surface area contributed by atoms with Gasteiger partial charge in [0.25, 0.3) is 0 Å². The van der Waals surface area contributed by atoms with E-state index < -0.39 is 23.8 Å². The van der Waals surface area contributed by atoms with Gasteiger partial charge in [-0.25, -0.2) is 4.79 Å². The molecule has 6 nitrogen and oxygen atoms in total. The highest BCUT2D eigenvalue weighted by atomic mass is 16.2. The maximum Gasteiger partial charge on any atom is 0.333 e. The molecule has 0 atom stereocenters. The number of nitrogens with zero attached hydrogens (tertiary/aromatic N) is 3. The third-order valence-corrected chi connectivity index (χ3v) is 5.31. The Balaban J connectivity index is 1.64. The maximum absolute atomic E-state index is 12.6. The van der Waals surface area contributed by atoms with E-state index in [0.29, 0.717) is 5.69 Å². The summed E-state index contributed by atoms with van der Waals surface area (Å²) in [5, 5.41) is 0. The molecule has 1 fully saturated rings. The first-order chi connectivity index (χ1) is 13.5. The number of barbiturate groups is 1. The second-order valence-corrected chi connectivity index (χ2v) is 6.88. The second kappa shape index (κ2) is 7.03. The third kappa shape index (κ3) is 2.81. The molecule has 0 aromatic heterocycles. The van der Waals surface area contributed by atoms with Crippen LogP contribution in [0.4, 0.5) is 10.5 Å². The van der Waals surface area contributed by atoms with Gasteiger partial charge in [-0.3, -0.25) is 24.4 Å². The summed E-state index contributed by atoms with van der Waals surface area (Å²) in [5.41, 5.74) is 5.53. The topological polar surface area (TPSA) is 70.1 Å². The van der Waals surface area contributed by atoms with Gasteiger partial charge in [0.15, 0.2) is 5.92 Å². The van der Waals surface area contributed by atoms with E-state index in [2.05, 4.69) is 17.1 Å². The molecule has 2 aliphatic rings. The summed E-state index contributed by atoms with van der Waals surface area (Å²) in [6.07, 6.45) is 2.26. The van der Waals surface area contributed by atoms with E-state index in [1.54, 1.807) is 13.8 Å². The van der Waals surface area contributed by atoms with Crippen LogP contribution in [0.15, 0.2) is 47.5 Å². The molecule has 28 heavy (non-hydrogen) atoms. The highest BCUT2D eigenvalue weighted by Crippen LogP contribution is 2.38. The molecule has 0 bridgehead atoms. The van der Waals surface area contributed by atoms with Crippen LogP contribution < -0.4 is 0 Å². The third-order valence-electron chi connectivity index (χ3n) is 5.31. The van der Waals surface area contributed by atoms with Crippen molar-refractivity contribution in [2.45, 2.75) is 20.3 Å². The van der Waals surface area contributed by atoms with Crippen molar-refractivity contribution in [1.29, 1.82) is 0 Å². The molecule has 0 radical (unpaired) electrons. The number of fused-ring (bicyclic) bond motifs is 3. The Bertz CT molecular complexity index is 986. The first-order valence-electron chi connectivity index (χ1n) is 9.47. The summed E-state index contributed by atoms with van der Waals surface area (Å²) in [6, 6.07) is 13.6. The largest absolute Gasteiger partial charge is 0.333 e. The van der Waals surface area contributed by atoms with Crippen molar-refractivity contribution >= 4 is 29.7 Å². The number of rotatable bonds is 4. The fourth-order valence-corrected chi connectivity index (χ4v) is 3.84. The van der Waals surface area contributed by atoms with Crippen molar-refractivity contribution in [2.75, 3.05) is 13.1 Å². The van der Waals surface area contributed by atoms with Crippen LogP contribution in [0, 0.1) is 5.92 Å². The van der Waals surface area contributed by atoms with Crippen molar-refractivity contribution in [2.24, 2.45) is 10.9 Å². The first kappa shape index (κ1) is 18.1. The minimum atomic E-state index is -1.07. The van der Waals surface area contributed by atoms with Crippen LogP contribution >= 0.6 is 0 Å². The molecule has 4 rings (SSSR count). The minimum Gasteiger partial charge on any atom is -0.273 e. The van der Waals surface area contributed by atoms with Crippen molar-refractivity contribution in [3.8, 4) is 11.1 Å². The molecular weight excluding hydrogens is 354 g/mol. The van der Waals surface area contributed by atoms with Gasteiger partial charge in [0.2, 0.25) is 11.8 Å². The quantitative estimate of drug-likeness (QED) is 0.518. The van der Waals surface area contributed by atoms with E-state index in [0.717, 1.165) is 21.8 Å². The SMILES string of the molecule is CCN1C(=O)C(C=Nc2ccc3c(c2)-c2ccccc2C3)C(=O)N(CC)C1=O. The highest BCUT2D eigenvalue weighted by molar-refractivity contribution is 6.23. The Labute approximate surface area is 163 Å². The van der Waals surface area contributed by atoms with Gasteiger partial charge in [-0.15, -0.1) is 0 Å². The lowest BCUT2D eigenvalue weighted by atomic mass is 10.0. The van der Waals surface area contributed by atoms with Gasteiger partial charge in [0.05, 0.1) is 5.69 Å². The van der Waals surface area contributed by atoms with Crippen LogP contribution in [0.1, 0.15) is 25.0 Å². The fourth-order valence-electron chi connectivity index (χ4n) is 3.84. The number of carbonyl (C=O) groups excluding carboxylic acids is 3. The van der Waals surface area contributed by atoms with Gasteiger partial charge in [-0.05, 0) is 54.7 Å². The summed E-state index contributed by atoms with van der Waals surface area (Å²) in [7, 11) is 0. The number of benzene rings is 2. The summed E-state index contributed by atoms with van der Waals surface area (Å²) in [5.74, 6) is -2.10. The Hall–Kier alpha value is -3.28. The molecule has 2 aromatic carbocycles. The summed E-state index contributed by atoms with van der Waals surface area (Å²) in [4.78, 5) is 44.0. The van der Waals surface area contributed by atoms with E-state index in [1.807, 2.05) is 30.3 Å². The lowest BCUT2D eigenvalue weighted by Gasteiger charge is -2.34. The smallest absolute Gasteiger partial charge is 0.273 e. The first-order valence-corrected chi connectivity index (χ1v) is 9.47. The number of carbonyl (C=O) groups is 3. The Morgan fingerprint density at radius 2 is 1.57 bits per heavy atom. The molecule has 1 aliphatic heterocycles. The van der Waals surface area contributed by atoms with Crippen molar-refractivity contribution in [1.82, 2.24) is 9.80 Å². The van der Waals surface area contributed by atoms with E-state index in [-0.39, 0.29) is 13.1 Å². The molecular formula is C22H21N3O3. The van der Waals surface area contributed by atoms with Gasteiger partial charge in [0, 0.05) is 19.3 Å². The number of urea groups is 1. The van der Waals surface area contributed by atoms with Gasteiger partial charge in [-0.2, -0.15) is 0 Å². The Morgan fingerprint density at radius 1 is 0.929 bits per heavy atom. The number of hydrogen-bond donors (Lipinski definition) is 0. The molecule has 1 heterocycles. The fraction of sp³-hybridized carbons (Fsp3) is 0.273. The van der Waals surface area contributed by atoms with Gasteiger partial charge >= 0.3 is 6.03 Å². The monoisotopic (exact) mass is 375 g/mol. The normalized spacial score (nSPS) is 16.9. The molecule has 2 aromatic rings. The molecule has 0 unspecified atom stereocenters. The van der Waals surface area contributed by atoms with Crippen LogP contribution in [0.25, 0.3) is 11.1 Å². The zero-order chi connectivity index (χ0) is 19.8. The van der Waals surface area contributed by atoms with Crippen LogP contribution in [0.5, 0.6) is 0 Å². The maximum atomic E-state index is 12.6. The van der Waals surface area contributed by atoms with Gasteiger partial charge in [0.1, 0.15) is 0 Å². The lowest BCUT2D eigenvalue weighted by molar-refractivity contribution is -0.145. The summed E-state index contributed by atoms with van der Waals surface area (Å²) < 4.78 is 0. The zero-order valence-electron chi connectivity index (χ0n) is 15.9. The standard InChI is InChI=1S/C22H21N3O3/c1-3-24-20(26)19(21(27)25(4-2)22(24)28)13-23-16-10-9-15-11-14-7-5-6-8-17(14)18(15)12-16/h5-10,12-13,19H,3-4,11H2,1-2H3. The number of hydrogen-bond acceptors (Lipinski definition) is 4. The molecule has 1 saturated heterocycles. The van der Waals surface area contributed by atoms with Crippen LogP contribution in [-0.2, 0) is 16.0 Å². The highest BCUT2D eigenvalue weighted by Gasteiger charge is 2.43. The van der Waals surface area contributed by atoms with E-state index >= 15 is 0 Å². The van der Waals surface area contributed by atoms with Crippen LogP contribution in [-0.4, -0.2) is 46.9 Å². The average molecular weight is 375 g/mol. The van der Waals surface area contributed by atoms with Crippen LogP contribution in [0.3, 0.4) is 0 Å². The zero-order valence-corrected chi connectivity index (χ0v) is 15.9. The number of aliphatic imine (C=N–C) groups is 1. The average Bonchev–Trinajstić information content (AvgIpc) is 3.06. The van der Waals surface area contributed by atoms with Crippen molar-refractivity contribution in [3.63, 3.8) is 0 Å². The van der Waals surface area contributed by atoms with E-state index in [4.69, 9.17) is 0 Å². The summed E-state index contributed by atoms with van der Waals surface area (Å²) >= 11 is 0. The Morgan fingerprint density at radius 3 is 2.25 bits per heavy atom. The predicted octanol–water partition coefficient (Wildman–Crippen LogP) is 3.41. The molecule has 142 valence electrons. The second-order valence-electron chi connectivity index (χ2n) is 6.88. The molecule has 1 aliphatic carbocycles. The predicted molar refractivity (Wildman–Crippen MR) is 106 cm³/mol. The number of imide groups is 2. The van der Waals surface area contributed by atoms with Crippen LogP contribution in [0.2, 0.25) is 0 Å². The molecule has 0 saturated carbocycles. The van der Waals surface area contributed by atoms with E-state index in [1.165, 1.54) is 22.9 Å².